The fraction of sp³-hybridized carbons (Fsp3) is 0.300. The molecule has 1 aliphatic rings. The molecule has 1 saturated heterocycles. The van der Waals surface area contributed by atoms with E-state index >= 15 is 0 Å². The van der Waals surface area contributed by atoms with E-state index in [1.807, 2.05) is 32.0 Å². The highest BCUT2D eigenvalue weighted by Crippen LogP contribution is 2.34. The Balaban J connectivity index is 1.96. The minimum Gasteiger partial charge on any atom is -0.496 e. The molecule has 0 aliphatic carbocycles. The van der Waals surface area contributed by atoms with E-state index in [1.54, 1.807) is 7.11 Å². The van der Waals surface area contributed by atoms with E-state index in [2.05, 4.69) is 5.32 Å². The van der Waals surface area contributed by atoms with Crippen molar-refractivity contribution in [1.29, 1.82) is 0 Å². The fourth-order valence-electron chi connectivity index (χ4n) is 3.34. The molecule has 1 fully saturated rings. The van der Waals surface area contributed by atoms with Gasteiger partial charge in [0.1, 0.15) is 17.1 Å². The monoisotopic (exact) mass is 356 g/mol. The number of aryl methyl sites for hydroxylation is 1. The molecule has 26 heavy (non-hydrogen) atoms. The first kappa shape index (κ1) is 17.9. The van der Waals surface area contributed by atoms with E-state index in [1.165, 1.54) is 29.2 Å². The van der Waals surface area contributed by atoms with Gasteiger partial charge in [-0.3, -0.25) is 9.69 Å². The number of imide groups is 1. The molecule has 1 atom stereocenters. The number of halogens is 1. The maximum atomic E-state index is 13.3. The van der Waals surface area contributed by atoms with Crippen molar-refractivity contribution in [3.05, 3.63) is 65.0 Å². The summed E-state index contributed by atoms with van der Waals surface area (Å²) in [7, 11) is 1.55. The summed E-state index contributed by atoms with van der Waals surface area (Å²) in [6.45, 7) is 3.86. The van der Waals surface area contributed by atoms with Crippen molar-refractivity contribution in [2.45, 2.75) is 32.4 Å². The smallest absolute Gasteiger partial charge is 0.325 e. The predicted molar refractivity (Wildman–Crippen MR) is 95.2 cm³/mol. The third-order valence-electron chi connectivity index (χ3n) is 4.81. The molecule has 0 unspecified atom stereocenters. The molecule has 3 rings (SSSR count). The highest BCUT2D eigenvalue weighted by molar-refractivity contribution is 6.07. The van der Waals surface area contributed by atoms with Gasteiger partial charge in [0.15, 0.2) is 0 Å². The van der Waals surface area contributed by atoms with Crippen LogP contribution >= 0.6 is 0 Å². The molecule has 1 heterocycles. The van der Waals surface area contributed by atoms with Crippen molar-refractivity contribution in [2.24, 2.45) is 0 Å². The first-order chi connectivity index (χ1) is 12.4. The van der Waals surface area contributed by atoms with E-state index in [0.717, 1.165) is 11.1 Å². The summed E-state index contributed by atoms with van der Waals surface area (Å²) >= 11 is 0. The molecule has 0 spiro atoms. The van der Waals surface area contributed by atoms with Gasteiger partial charge in [-0.15, -0.1) is 0 Å². The zero-order valence-corrected chi connectivity index (χ0v) is 15.0. The summed E-state index contributed by atoms with van der Waals surface area (Å²) in [5.41, 5.74) is 1.15. The summed E-state index contributed by atoms with van der Waals surface area (Å²) in [6.07, 6.45) is 0.366. The summed E-state index contributed by atoms with van der Waals surface area (Å²) < 4.78 is 18.6. The van der Waals surface area contributed by atoms with E-state index in [0.29, 0.717) is 17.7 Å². The normalized spacial score (nSPS) is 19.6. The highest BCUT2D eigenvalue weighted by atomic mass is 19.1. The van der Waals surface area contributed by atoms with Gasteiger partial charge in [0.2, 0.25) is 0 Å². The Morgan fingerprint density at radius 1 is 1.15 bits per heavy atom. The third-order valence-corrected chi connectivity index (χ3v) is 4.81. The van der Waals surface area contributed by atoms with Crippen molar-refractivity contribution < 1.29 is 18.7 Å². The second-order valence-electron chi connectivity index (χ2n) is 6.40. The van der Waals surface area contributed by atoms with Gasteiger partial charge in [-0.25, -0.2) is 9.18 Å². The molecule has 1 aliphatic heterocycles. The number of ether oxygens (including phenoxy) is 1. The molecule has 1 N–H and O–H groups in total. The summed E-state index contributed by atoms with van der Waals surface area (Å²) in [5, 5.41) is 2.80. The van der Waals surface area contributed by atoms with Crippen LogP contribution in [0.5, 0.6) is 5.75 Å². The number of benzene rings is 2. The maximum absolute atomic E-state index is 13.3. The lowest BCUT2D eigenvalue weighted by Gasteiger charge is -2.26. The number of urea groups is 1. The molecule has 0 radical (unpaired) electrons. The average molecular weight is 356 g/mol. The number of hydrogen-bond acceptors (Lipinski definition) is 3. The number of carbonyl (C=O) groups is 2. The lowest BCUT2D eigenvalue weighted by atomic mass is 9.87. The van der Waals surface area contributed by atoms with Gasteiger partial charge in [-0.1, -0.05) is 36.8 Å². The zero-order valence-electron chi connectivity index (χ0n) is 15.0. The van der Waals surface area contributed by atoms with Gasteiger partial charge in [0.25, 0.3) is 5.91 Å². The topological polar surface area (TPSA) is 58.6 Å². The highest BCUT2D eigenvalue weighted by Gasteiger charge is 2.51. The third kappa shape index (κ3) is 2.92. The second-order valence-corrected chi connectivity index (χ2v) is 6.40. The minimum absolute atomic E-state index is 0.110. The lowest BCUT2D eigenvalue weighted by Crippen LogP contribution is -2.43. The van der Waals surface area contributed by atoms with Crippen LogP contribution in [0.4, 0.5) is 9.18 Å². The van der Waals surface area contributed by atoms with E-state index in [-0.39, 0.29) is 12.5 Å². The van der Waals surface area contributed by atoms with Crippen molar-refractivity contribution in [2.75, 3.05) is 7.11 Å². The summed E-state index contributed by atoms with van der Waals surface area (Å²) in [5.74, 6) is -0.120. The van der Waals surface area contributed by atoms with Crippen LogP contribution in [0.1, 0.15) is 30.0 Å². The number of hydrogen-bond donors (Lipinski definition) is 1. The Hall–Kier alpha value is -2.89. The molecular formula is C20H21FN2O3. The number of methoxy groups -OCH3 is 1. The Kier molecular flexibility index (Phi) is 4.68. The van der Waals surface area contributed by atoms with Gasteiger partial charge in [-0.2, -0.15) is 0 Å². The van der Waals surface area contributed by atoms with Gasteiger partial charge in [0, 0.05) is 5.56 Å². The average Bonchev–Trinajstić information content (AvgIpc) is 2.87. The lowest BCUT2D eigenvalue weighted by molar-refractivity contribution is -0.132. The Morgan fingerprint density at radius 2 is 1.85 bits per heavy atom. The fourth-order valence-corrected chi connectivity index (χ4v) is 3.34. The number of nitrogens with one attached hydrogen (secondary N) is 1. The molecule has 6 heteroatoms. The first-order valence-electron chi connectivity index (χ1n) is 8.45. The van der Waals surface area contributed by atoms with Gasteiger partial charge in [0.05, 0.1) is 13.7 Å². The summed E-state index contributed by atoms with van der Waals surface area (Å²) in [6, 6.07) is 10.8. The van der Waals surface area contributed by atoms with Crippen LogP contribution in [0, 0.1) is 12.7 Å². The molecular weight excluding hydrogens is 335 g/mol. The van der Waals surface area contributed by atoms with Crippen molar-refractivity contribution in [3.63, 3.8) is 0 Å². The van der Waals surface area contributed by atoms with Crippen LogP contribution in [0.15, 0.2) is 42.5 Å². The van der Waals surface area contributed by atoms with Crippen LogP contribution in [0.25, 0.3) is 0 Å². The van der Waals surface area contributed by atoms with Crippen LogP contribution in [0.3, 0.4) is 0 Å². The van der Waals surface area contributed by atoms with Crippen molar-refractivity contribution >= 4 is 11.9 Å². The van der Waals surface area contributed by atoms with Gasteiger partial charge < -0.3 is 10.1 Å². The van der Waals surface area contributed by atoms with Gasteiger partial charge >= 0.3 is 6.03 Å². The van der Waals surface area contributed by atoms with E-state index in [9.17, 15) is 14.0 Å². The maximum Gasteiger partial charge on any atom is 0.325 e. The Morgan fingerprint density at radius 3 is 2.46 bits per heavy atom. The number of rotatable bonds is 5. The molecule has 0 bridgehead atoms. The van der Waals surface area contributed by atoms with Crippen LogP contribution < -0.4 is 10.1 Å². The molecule has 136 valence electrons. The number of amides is 3. The number of nitrogens with zero attached hydrogens (tertiary/aromatic N) is 1. The quantitative estimate of drug-likeness (QED) is 0.834. The molecule has 5 nitrogen and oxygen atoms in total. The molecule has 2 aromatic carbocycles. The predicted octanol–water partition coefficient (Wildman–Crippen LogP) is 3.50. The van der Waals surface area contributed by atoms with Crippen molar-refractivity contribution in [3.8, 4) is 5.75 Å². The van der Waals surface area contributed by atoms with E-state index in [4.69, 9.17) is 4.74 Å². The molecule has 2 aromatic rings. The van der Waals surface area contributed by atoms with Crippen molar-refractivity contribution in [1.82, 2.24) is 10.2 Å². The first-order valence-corrected chi connectivity index (χ1v) is 8.45. The van der Waals surface area contributed by atoms with Gasteiger partial charge in [-0.05, 0) is 37.1 Å². The van der Waals surface area contributed by atoms with Crippen LogP contribution in [-0.4, -0.2) is 23.9 Å². The minimum atomic E-state index is -1.18. The summed E-state index contributed by atoms with van der Waals surface area (Å²) in [4.78, 5) is 26.9. The Labute approximate surface area is 151 Å². The SMILES string of the molecule is CC[C@]1(c2ccc(F)cc2)NC(=O)N(Cc2cc(C)ccc2OC)C1=O. The van der Waals surface area contributed by atoms with Crippen LogP contribution in [0.2, 0.25) is 0 Å². The Bertz CT molecular complexity index is 851. The van der Waals surface area contributed by atoms with Crippen LogP contribution in [-0.2, 0) is 16.9 Å². The largest absolute Gasteiger partial charge is 0.496 e. The standard InChI is InChI=1S/C20H21FN2O3/c1-4-20(15-6-8-16(21)9-7-15)18(24)23(19(25)22-20)12-14-11-13(2)5-10-17(14)26-3/h5-11H,4,12H2,1-3H3,(H,22,25)/t20-/m1/s1. The molecule has 0 aromatic heterocycles. The second kappa shape index (κ2) is 6.78. The zero-order chi connectivity index (χ0) is 18.9. The van der Waals surface area contributed by atoms with E-state index < -0.39 is 17.4 Å². The number of carbonyl (C=O) groups excluding carboxylic acids is 2. The molecule has 0 saturated carbocycles. The molecule has 3 amide bonds.